The van der Waals surface area contributed by atoms with Gasteiger partial charge in [0.2, 0.25) is 5.75 Å². The number of para-hydroxylation sites is 1. The summed E-state index contributed by atoms with van der Waals surface area (Å²) in [5, 5.41) is 35.0. The molecule has 0 heterocycles. The first-order valence-electron chi connectivity index (χ1n) is 11.1. The molecule has 3 aromatic rings. The van der Waals surface area contributed by atoms with Gasteiger partial charge in [-0.3, -0.25) is 25.0 Å². The number of nitriles is 1. The van der Waals surface area contributed by atoms with Crippen LogP contribution in [0.25, 0.3) is 6.08 Å². The van der Waals surface area contributed by atoms with Crippen molar-refractivity contribution < 1.29 is 24.1 Å². The predicted octanol–water partition coefficient (Wildman–Crippen LogP) is 6.46. The Morgan fingerprint density at radius 3 is 2.34 bits per heavy atom. The van der Waals surface area contributed by atoms with Crippen LogP contribution < -0.4 is 14.8 Å². The molecule has 0 bridgehead atoms. The Labute approximate surface area is 231 Å². The van der Waals surface area contributed by atoms with E-state index in [1.807, 2.05) is 60.7 Å². The molecule has 0 aliphatic carbocycles. The van der Waals surface area contributed by atoms with Crippen LogP contribution >= 0.6 is 22.6 Å². The summed E-state index contributed by atoms with van der Waals surface area (Å²) in [4.78, 5) is 33.9. The molecule has 3 aromatic carbocycles. The van der Waals surface area contributed by atoms with Crippen molar-refractivity contribution in [1.29, 1.82) is 5.26 Å². The second-order valence-electron chi connectivity index (χ2n) is 7.92. The Balaban J connectivity index is 2.00. The number of nitrogens with one attached hydrogen (secondary N) is 1. The van der Waals surface area contributed by atoms with Crippen molar-refractivity contribution in [2.75, 3.05) is 11.9 Å². The zero-order chi connectivity index (χ0) is 28.0. The third kappa shape index (κ3) is 6.43. The number of rotatable bonds is 9. The lowest BCUT2D eigenvalue weighted by molar-refractivity contribution is -0.394. The number of benzene rings is 3. The van der Waals surface area contributed by atoms with E-state index in [-0.39, 0.29) is 29.4 Å². The minimum absolute atomic E-state index is 0.139. The lowest BCUT2D eigenvalue weighted by Gasteiger charge is -2.15. The average Bonchev–Trinajstić information content (AvgIpc) is 2.86. The van der Waals surface area contributed by atoms with Gasteiger partial charge in [0, 0.05) is 11.8 Å². The molecule has 0 atom stereocenters. The van der Waals surface area contributed by atoms with Gasteiger partial charge >= 0.3 is 5.69 Å². The van der Waals surface area contributed by atoms with E-state index >= 15 is 0 Å². The van der Waals surface area contributed by atoms with Gasteiger partial charge in [0.1, 0.15) is 11.6 Å². The molecular weight excluding hydrogens is 607 g/mol. The van der Waals surface area contributed by atoms with E-state index in [1.165, 1.54) is 12.1 Å². The number of anilines is 1. The fourth-order valence-corrected chi connectivity index (χ4v) is 4.23. The Hall–Kier alpha value is -4.51. The lowest BCUT2D eigenvalue weighted by Crippen LogP contribution is -2.15. The Kier molecular flexibility index (Phi) is 8.98. The van der Waals surface area contributed by atoms with E-state index in [0.717, 1.165) is 29.3 Å². The number of carbonyl (C=O) groups is 1. The molecule has 38 heavy (non-hydrogen) atoms. The van der Waals surface area contributed by atoms with Crippen LogP contribution in [0.5, 0.6) is 17.2 Å². The number of non-ortho nitro benzene ring substituents is 1. The Morgan fingerprint density at radius 2 is 1.76 bits per heavy atom. The van der Waals surface area contributed by atoms with Gasteiger partial charge in [0.15, 0.2) is 11.5 Å². The van der Waals surface area contributed by atoms with Crippen molar-refractivity contribution in [1.82, 2.24) is 0 Å². The first kappa shape index (κ1) is 28.1. The minimum atomic E-state index is -0.777. The highest BCUT2D eigenvalue weighted by atomic mass is 127. The summed E-state index contributed by atoms with van der Waals surface area (Å²) in [6, 6.07) is 13.7. The summed E-state index contributed by atoms with van der Waals surface area (Å²) >= 11 is 1.93. The number of hydrogen-bond donors (Lipinski definition) is 1. The van der Waals surface area contributed by atoms with Crippen molar-refractivity contribution in [2.24, 2.45) is 0 Å². The monoisotopic (exact) mass is 628 g/mol. The SMILES string of the molecule is CCOc1cc(/C=C(/C#N)C(=O)Nc2c(C)cccc2C)cc(I)c1Oc1ccc([N+](=O)[O-])cc1[N+](=O)[O-]. The van der Waals surface area contributed by atoms with Crippen LogP contribution in [-0.4, -0.2) is 22.4 Å². The second kappa shape index (κ2) is 12.2. The highest BCUT2D eigenvalue weighted by Crippen LogP contribution is 2.41. The third-order valence-corrected chi connectivity index (χ3v) is 6.09. The highest BCUT2D eigenvalue weighted by molar-refractivity contribution is 14.1. The van der Waals surface area contributed by atoms with E-state index < -0.39 is 27.1 Å². The number of nitro benzene ring substituents is 2. The van der Waals surface area contributed by atoms with Crippen molar-refractivity contribution >= 4 is 51.6 Å². The topological polar surface area (TPSA) is 158 Å². The highest BCUT2D eigenvalue weighted by Gasteiger charge is 2.24. The molecule has 11 nitrogen and oxygen atoms in total. The van der Waals surface area contributed by atoms with Crippen LogP contribution in [0.15, 0.2) is 54.1 Å². The summed E-state index contributed by atoms with van der Waals surface area (Å²) in [6.45, 7) is 5.65. The number of amides is 1. The Morgan fingerprint density at radius 1 is 1.08 bits per heavy atom. The van der Waals surface area contributed by atoms with E-state index in [9.17, 15) is 30.3 Å². The van der Waals surface area contributed by atoms with Gasteiger partial charge in [0.25, 0.3) is 11.6 Å². The van der Waals surface area contributed by atoms with E-state index in [0.29, 0.717) is 14.8 Å². The van der Waals surface area contributed by atoms with Crippen molar-refractivity contribution in [3.05, 3.63) is 94.6 Å². The van der Waals surface area contributed by atoms with Crippen LogP contribution in [0, 0.1) is 49.0 Å². The summed E-state index contributed by atoms with van der Waals surface area (Å²) in [5.41, 5.74) is 1.60. The maximum absolute atomic E-state index is 12.9. The molecule has 0 aliphatic rings. The van der Waals surface area contributed by atoms with Gasteiger partial charge < -0.3 is 14.8 Å². The maximum Gasteiger partial charge on any atom is 0.318 e. The van der Waals surface area contributed by atoms with Crippen molar-refractivity contribution in [2.45, 2.75) is 20.8 Å². The molecule has 0 saturated heterocycles. The smallest absolute Gasteiger partial charge is 0.318 e. The summed E-state index contributed by atoms with van der Waals surface area (Å²) in [5.74, 6) is -0.459. The third-order valence-electron chi connectivity index (χ3n) is 5.29. The van der Waals surface area contributed by atoms with Gasteiger partial charge in [-0.1, -0.05) is 18.2 Å². The van der Waals surface area contributed by atoms with Gasteiger partial charge in [0.05, 0.1) is 26.1 Å². The molecule has 12 heteroatoms. The second-order valence-corrected chi connectivity index (χ2v) is 9.08. The van der Waals surface area contributed by atoms with E-state index in [1.54, 1.807) is 13.0 Å². The Bertz CT molecular complexity index is 1490. The molecule has 0 radical (unpaired) electrons. The molecule has 0 fully saturated rings. The predicted molar refractivity (Wildman–Crippen MR) is 148 cm³/mol. The molecule has 194 valence electrons. The van der Waals surface area contributed by atoms with E-state index in [4.69, 9.17) is 9.47 Å². The molecular formula is C26H21IN4O7. The largest absolute Gasteiger partial charge is 0.490 e. The van der Waals surface area contributed by atoms with Gasteiger partial charge in [-0.05, 0) is 84.3 Å². The van der Waals surface area contributed by atoms with Gasteiger partial charge in [-0.15, -0.1) is 0 Å². The fourth-order valence-electron chi connectivity index (χ4n) is 3.50. The molecule has 0 saturated carbocycles. The maximum atomic E-state index is 12.9. The number of carbonyl (C=O) groups excluding carboxylic acids is 1. The van der Waals surface area contributed by atoms with Crippen LogP contribution in [-0.2, 0) is 4.79 Å². The number of halogens is 1. The molecule has 3 rings (SSSR count). The molecule has 1 N–H and O–H groups in total. The first-order valence-corrected chi connectivity index (χ1v) is 12.2. The fraction of sp³-hybridized carbons (Fsp3) is 0.154. The molecule has 0 aromatic heterocycles. The average molecular weight is 628 g/mol. The minimum Gasteiger partial charge on any atom is -0.490 e. The molecule has 1 amide bonds. The summed E-state index contributed by atoms with van der Waals surface area (Å²) < 4.78 is 11.9. The zero-order valence-corrected chi connectivity index (χ0v) is 22.6. The molecule has 0 unspecified atom stereocenters. The molecule has 0 aliphatic heterocycles. The van der Waals surface area contributed by atoms with Crippen molar-refractivity contribution in [3.63, 3.8) is 0 Å². The summed E-state index contributed by atoms with van der Waals surface area (Å²) in [6.07, 6.45) is 1.39. The van der Waals surface area contributed by atoms with Crippen LogP contribution in [0.3, 0.4) is 0 Å². The molecule has 0 spiro atoms. The van der Waals surface area contributed by atoms with Gasteiger partial charge in [-0.2, -0.15) is 5.26 Å². The van der Waals surface area contributed by atoms with Gasteiger partial charge in [-0.25, -0.2) is 0 Å². The number of ether oxygens (including phenoxy) is 2. The standard InChI is InChI=1S/C26H21IN4O7/c1-4-37-23-12-17(10-18(14-28)26(32)29-24-15(2)6-5-7-16(24)3)11-20(27)25(23)38-22-9-8-19(30(33)34)13-21(22)31(35)36/h5-13H,4H2,1-3H3,(H,29,32)/b18-10-. The first-order chi connectivity index (χ1) is 18.0. The van der Waals surface area contributed by atoms with Crippen LogP contribution in [0.4, 0.5) is 17.1 Å². The van der Waals surface area contributed by atoms with E-state index in [2.05, 4.69) is 5.32 Å². The number of nitrogens with zero attached hydrogens (tertiary/aromatic N) is 3. The van der Waals surface area contributed by atoms with Crippen LogP contribution in [0.2, 0.25) is 0 Å². The van der Waals surface area contributed by atoms with Crippen LogP contribution in [0.1, 0.15) is 23.6 Å². The van der Waals surface area contributed by atoms with Crippen molar-refractivity contribution in [3.8, 4) is 23.3 Å². The lowest BCUT2D eigenvalue weighted by atomic mass is 10.1. The normalized spacial score (nSPS) is 10.9. The quantitative estimate of drug-likeness (QED) is 0.0930. The number of hydrogen-bond acceptors (Lipinski definition) is 8. The summed E-state index contributed by atoms with van der Waals surface area (Å²) in [7, 11) is 0. The number of aryl methyl sites for hydroxylation is 2. The zero-order valence-electron chi connectivity index (χ0n) is 20.5. The number of nitro groups is 2.